The second-order valence-electron chi connectivity index (χ2n) is 5.07. The Hall–Kier alpha value is -1.39. The predicted molar refractivity (Wildman–Crippen MR) is 70.7 cm³/mol. The van der Waals surface area contributed by atoms with Crippen LogP contribution in [-0.2, 0) is 11.2 Å². The van der Waals surface area contributed by atoms with Crippen LogP contribution in [0.25, 0.3) is 0 Å². The van der Waals surface area contributed by atoms with E-state index in [1.54, 1.807) is 18.2 Å². The summed E-state index contributed by atoms with van der Waals surface area (Å²) in [5.41, 5.74) is 0.877. The van der Waals surface area contributed by atoms with Gasteiger partial charge in [-0.3, -0.25) is 9.69 Å². The molecule has 1 heterocycles. The summed E-state index contributed by atoms with van der Waals surface area (Å²) >= 11 is 0. The molecular weight excluding hydrogens is 228 g/mol. The van der Waals surface area contributed by atoms with Gasteiger partial charge < -0.3 is 10.0 Å². The SMILES string of the molecule is CN1CCN(C)C(C(=O)Cc2cccc(O)c2)C1. The van der Waals surface area contributed by atoms with Crippen LogP contribution in [0.2, 0.25) is 0 Å². The molecule has 1 aromatic rings. The summed E-state index contributed by atoms with van der Waals surface area (Å²) < 4.78 is 0. The second kappa shape index (κ2) is 5.50. The molecular formula is C14H20N2O2. The Kier molecular flexibility index (Phi) is 3.99. The van der Waals surface area contributed by atoms with Crippen molar-refractivity contribution < 1.29 is 9.90 Å². The number of phenols is 1. The van der Waals surface area contributed by atoms with Gasteiger partial charge in [-0.25, -0.2) is 0 Å². The van der Waals surface area contributed by atoms with Gasteiger partial charge in [0.2, 0.25) is 0 Å². The summed E-state index contributed by atoms with van der Waals surface area (Å²) in [5.74, 6) is 0.434. The van der Waals surface area contributed by atoms with Crippen LogP contribution >= 0.6 is 0 Å². The van der Waals surface area contributed by atoms with Gasteiger partial charge in [0.05, 0.1) is 6.04 Å². The maximum atomic E-state index is 12.3. The predicted octanol–water partition coefficient (Wildman–Crippen LogP) is 0.750. The van der Waals surface area contributed by atoms with Crippen molar-refractivity contribution >= 4 is 5.78 Å². The van der Waals surface area contributed by atoms with Gasteiger partial charge >= 0.3 is 0 Å². The molecule has 4 heteroatoms. The third-order valence-electron chi connectivity index (χ3n) is 3.51. The largest absolute Gasteiger partial charge is 0.508 e. The molecule has 2 rings (SSSR count). The van der Waals surface area contributed by atoms with Gasteiger partial charge in [0.25, 0.3) is 0 Å². The molecule has 0 spiro atoms. The van der Waals surface area contributed by atoms with Crippen LogP contribution in [0.3, 0.4) is 0 Å². The normalized spacial score (nSPS) is 22.0. The molecule has 1 fully saturated rings. The van der Waals surface area contributed by atoms with Gasteiger partial charge in [-0.1, -0.05) is 12.1 Å². The van der Waals surface area contributed by atoms with E-state index < -0.39 is 0 Å². The molecule has 1 unspecified atom stereocenters. The number of hydrogen-bond acceptors (Lipinski definition) is 4. The summed E-state index contributed by atoms with van der Waals surface area (Å²) in [4.78, 5) is 16.6. The highest BCUT2D eigenvalue weighted by molar-refractivity contribution is 5.86. The van der Waals surface area contributed by atoms with Crippen molar-refractivity contribution in [3.8, 4) is 5.75 Å². The van der Waals surface area contributed by atoms with Gasteiger partial charge in [-0.15, -0.1) is 0 Å². The molecule has 1 aliphatic rings. The minimum Gasteiger partial charge on any atom is -0.508 e. The molecule has 1 aliphatic heterocycles. The molecule has 0 bridgehead atoms. The number of benzene rings is 1. The number of carbonyl (C=O) groups is 1. The summed E-state index contributed by atoms with van der Waals surface area (Å²) in [5, 5.41) is 9.40. The van der Waals surface area contributed by atoms with Crippen molar-refractivity contribution in [2.45, 2.75) is 12.5 Å². The zero-order valence-corrected chi connectivity index (χ0v) is 11.0. The standard InChI is InChI=1S/C14H20N2O2/c1-15-6-7-16(2)13(10-15)14(18)9-11-4-3-5-12(17)8-11/h3-5,8,13,17H,6-7,9-10H2,1-2H3. The van der Waals surface area contributed by atoms with E-state index in [9.17, 15) is 9.90 Å². The molecule has 1 N–H and O–H groups in total. The van der Waals surface area contributed by atoms with Gasteiger partial charge in [0.1, 0.15) is 5.75 Å². The Balaban J connectivity index is 2.02. The van der Waals surface area contributed by atoms with Crippen molar-refractivity contribution in [2.75, 3.05) is 33.7 Å². The van der Waals surface area contributed by atoms with E-state index in [0.29, 0.717) is 6.42 Å². The highest BCUT2D eigenvalue weighted by Crippen LogP contribution is 2.14. The number of ketones is 1. The number of likely N-dealkylation sites (N-methyl/N-ethyl adjacent to an activating group) is 2. The van der Waals surface area contributed by atoms with Crippen LogP contribution in [0.5, 0.6) is 5.75 Å². The molecule has 0 amide bonds. The van der Waals surface area contributed by atoms with Gasteiger partial charge in [0, 0.05) is 26.1 Å². The summed E-state index contributed by atoms with van der Waals surface area (Å²) in [6.07, 6.45) is 0.386. The van der Waals surface area contributed by atoms with Crippen LogP contribution < -0.4 is 0 Å². The zero-order chi connectivity index (χ0) is 13.1. The van der Waals surface area contributed by atoms with Crippen LogP contribution in [0.4, 0.5) is 0 Å². The number of hydrogen-bond donors (Lipinski definition) is 1. The highest BCUT2D eigenvalue weighted by Gasteiger charge is 2.28. The molecule has 1 saturated heterocycles. The van der Waals surface area contributed by atoms with Crippen molar-refractivity contribution in [2.24, 2.45) is 0 Å². The summed E-state index contributed by atoms with van der Waals surface area (Å²) in [6, 6.07) is 6.89. The van der Waals surface area contributed by atoms with E-state index in [-0.39, 0.29) is 17.6 Å². The van der Waals surface area contributed by atoms with Gasteiger partial charge in [-0.05, 0) is 31.8 Å². The third-order valence-corrected chi connectivity index (χ3v) is 3.51. The summed E-state index contributed by atoms with van der Waals surface area (Å²) in [6.45, 7) is 2.72. The maximum Gasteiger partial charge on any atom is 0.155 e. The quantitative estimate of drug-likeness (QED) is 0.857. The second-order valence-corrected chi connectivity index (χ2v) is 5.07. The van der Waals surface area contributed by atoms with E-state index in [0.717, 1.165) is 25.2 Å². The smallest absolute Gasteiger partial charge is 0.155 e. The number of carbonyl (C=O) groups excluding carboxylic acids is 1. The molecule has 0 aromatic heterocycles. The van der Waals surface area contributed by atoms with Crippen LogP contribution in [0.1, 0.15) is 5.56 Å². The fourth-order valence-electron chi connectivity index (χ4n) is 2.34. The van der Waals surface area contributed by atoms with E-state index in [2.05, 4.69) is 9.80 Å². The lowest BCUT2D eigenvalue weighted by atomic mass is 10.0. The number of Topliss-reactive ketones (excluding diaryl/α,β-unsaturated/α-hetero) is 1. The minimum absolute atomic E-state index is 0.0360. The Morgan fingerprint density at radius 3 is 2.89 bits per heavy atom. The van der Waals surface area contributed by atoms with E-state index in [1.807, 2.05) is 20.2 Å². The van der Waals surface area contributed by atoms with E-state index >= 15 is 0 Å². The third kappa shape index (κ3) is 3.09. The first-order valence-corrected chi connectivity index (χ1v) is 6.25. The average Bonchev–Trinajstić information content (AvgIpc) is 2.32. The maximum absolute atomic E-state index is 12.3. The van der Waals surface area contributed by atoms with E-state index in [1.165, 1.54) is 0 Å². The van der Waals surface area contributed by atoms with E-state index in [4.69, 9.17) is 0 Å². The molecule has 1 atom stereocenters. The first-order chi connectivity index (χ1) is 8.56. The fourth-order valence-corrected chi connectivity index (χ4v) is 2.34. The Bertz CT molecular complexity index is 434. The number of piperazine rings is 1. The van der Waals surface area contributed by atoms with Crippen molar-refractivity contribution in [1.29, 1.82) is 0 Å². The number of aromatic hydroxyl groups is 1. The lowest BCUT2D eigenvalue weighted by Crippen LogP contribution is -2.53. The van der Waals surface area contributed by atoms with Crippen LogP contribution in [-0.4, -0.2) is 60.5 Å². The van der Waals surface area contributed by atoms with Gasteiger partial charge in [-0.2, -0.15) is 0 Å². The van der Waals surface area contributed by atoms with Crippen molar-refractivity contribution in [1.82, 2.24) is 9.80 Å². The Morgan fingerprint density at radius 2 is 2.17 bits per heavy atom. The fraction of sp³-hybridized carbons (Fsp3) is 0.500. The number of phenolic OH excluding ortho intramolecular Hbond substituents is 1. The topological polar surface area (TPSA) is 43.8 Å². The van der Waals surface area contributed by atoms with Crippen LogP contribution in [0, 0.1) is 0 Å². The molecule has 4 nitrogen and oxygen atoms in total. The summed E-state index contributed by atoms with van der Waals surface area (Å²) in [7, 11) is 4.04. The average molecular weight is 248 g/mol. The first-order valence-electron chi connectivity index (χ1n) is 6.25. The molecule has 18 heavy (non-hydrogen) atoms. The molecule has 0 saturated carbocycles. The molecule has 1 aromatic carbocycles. The zero-order valence-electron chi connectivity index (χ0n) is 11.0. The Labute approximate surface area is 108 Å². The molecule has 0 radical (unpaired) electrons. The minimum atomic E-state index is -0.0360. The van der Waals surface area contributed by atoms with Crippen LogP contribution in [0.15, 0.2) is 24.3 Å². The molecule has 98 valence electrons. The first kappa shape index (κ1) is 13.1. The van der Waals surface area contributed by atoms with Crippen molar-refractivity contribution in [3.05, 3.63) is 29.8 Å². The number of nitrogens with zero attached hydrogens (tertiary/aromatic N) is 2. The number of rotatable bonds is 3. The van der Waals surface area contributed by atoms with Gasteiger partial charge in [0.15, 0.2) is 5.78 Å². The molecule has 0 aliphatic carbocycles. The highest BCUT2D eigenvalue weighted by atomic mass is 16.3. The lowest BCUT2D eigenvalue weighted by Gasteiger charge is -2.36. The monoisotopic (exact) mass is 248 g/mol. The van der Waals surface area contributed by atoms with Crippen molar-refractivity contribution in [3.63, 3.8) is 0 Å². The Morgan fingerprint density at radius 1 is 1.39 bits per heavy atom. The lowest BCUT2D eigenvalue weighted by molar-refractivity contribution is -0.125.